The van der Waals surface area contributed by atoms with E-state index >= 15 is 0 Å². The maximum Gasteiger partial charge on any atom is 0.163 e. The zero-order valence-corrected chi connectivity index (χ0v) is 13.0. The Morgan fingerprint density at radius 2 is 2.27 bits per heavy atom. The highest BCUT2D eigenvalue weighted by atomic mass is 16.3. The minimum absolute atomic E-state index is 0.0162. The molecule has 0 radical (unpaired) electrons. The summed E-state index contributed by atoms with van der Waals surface area (Å²) in [6.45, 7) is 4.29. The topological polar surface area (TPSA) is 80.0 Å². The average molecular weight is 302 g/mol. The molecule has 6 nitrogen and oxygen atoms in total. The predicted molar refractivity (Wildman–Crippen MR) is 85.1 cm³/mol. The van der Waals surface area contributed by atoms with Gasteiger partial charge in [0.25, 0.3) is 0 Å². The lowest BCUT2D eigenvalue weighted by molar-refractivity contribution is 0.101. The van der Waals surface area contributed by atoms with E-state index < -0.39 is 0 Å². The van der Waals surface area contributed by atoms with Crippen molar-refractivity contribution >= 4 is 22.5 Å². The fraction of sp³-hybridized carbons (Fsp3) is 0.562. The molecule has 0 amide bonds. The van der Waals surface area contributed by atoms with E-state index in [1.165, 1.54) is 0 Å². The third-order valence-corrected chi connectivity index (χ3v) is 4.34. The molecule has 0 unspecified atom stereocenters. The number of aromatic nitrogens is 3. The monoisotopic (exact) mass is 302 g/mol. The molecule has 0 saturated heterocycles. The molecular weight excluding hydrogens is 280 g/mol. The van der Waals surface area contributed by atoms with Gasteiger partial charge in [0.1, 0.15) is 0 Å². The van der Waals surface area contributed by atoms with Crippen LogP contribution in [0.1, 0.15) is 49.9 Å². The Hall–Kier alpha value is -1.95. The van der Waals surface area contributed by atoms with Crippen LogP contribution in [0.25, 0.3) is 11.0 Å². The third-order valence-electron chi connectivity index (χ3n) is 4.34. The molecule has 3 rings (SSSR count). The molecule has 6 heteroatoms. The number of anilines is 1. The Kier molecular flexibility index (Phi) is 4.11. The number of nitrogens with zero attached hydrogens (tertiary/aromatic N) is 3. The van der Waals surface area contributed by atoms with Crippen LogP contribution in [0.3, 0.4) is 0 Å². The van der Waals surface area contributed by atoms with Crippen molar-refractivity contribution < 1.29 is 9.90 Å². The third kappa shape index (κ3) is 2.70. The predicted octanol–water partition coefficient (Wildman–Crippen LogP) is 2.37. The van der Waals surface area contributed by atoms with Gasteiger partial charge in [0.2, 0.25) is 0 Å². The van der Waals surface area contributed by atoms with E-state index in [0.29, 0.717) is 12.0 Å². The van der Waals surface area contributed by atoms with Crippen LogP contribution < -0.4 is 5.32 Å². The van der Waals surface area contributed by atoms with Crippen molar-refractivity contribution in [3.63, 3.8) is 0 Å². The van der Waals surface area contributed by atoms with Crippen molar-refractivity contribution in [2.24, 2.45) is 0 Å². The molecule has 2 aromatic heterocycles. The van der Waals surface area contributed by atoms with Crippen molar-refractivity contribution in [2.75, 3.05) is 5.32 Å². The number of pyridine rings is 1. The summed E-state index contributed by atoms with van der Waals surface area (Å²) >= 11 is 0. The molecule has 2 N–H and O–H groups in total. The van der Waals surface area contributed by atoms with Gasteiger partial charge in [0.05, 0.1) is 28.9 Å². The molecule has 2 heterocycles. The van der Waals surface area contributed by atoms with Crippen molar-refractivity contribution in [1.82, 2.24) is 14.8 Å². The summed E-state index contributed by atoms with van der Waals surface area (Å²) < 4.78 is 1.82. The smallest absolute Gasteiger partial charge is 0.163 e. The van der Waals surface area contributed by atoms with Crippen LogP contribution in [0, 0.1) is 0 Å². The van der Waals surface area contributed by atoms with Gasteiger partial charge in [0, 0.05) is 18.8 Å². The number of Topliss-reactive ketones (excluding diaryl/α,β-unsaturated/α-hetero) is 1. The summed E-state index contributed by atoms with van der Waals surface area (Å²) in [5, 5.41) is 18.5. The molecule has 1 aliphatic rings. The first-order valence-electron chi connectivity index (χ1n) is 7.90. The molecular formula is C16H22N4O2. The van der Waals surface area contributed by atoms with Crippen molar-refractivity contribution in [3.8, 4) is 0 Å². The molecule has 118 valence electrons. The summed E-state index contributed by atoms with van der Waals surface area (Å²) in [5.74, 6) is -0.0162. The van der Waals surface area contributed by atoms with Crippen LogP contribution in [-0.2, 0) is 6.54 Å². The van der Waals surface area contributed by atoms with Crippen molar-refractivity contribution in [3.05, 3.63) is 18.0 Å². The van der Waals surface area contributed by atoms with E-state index in [1.54, 1.807) is 19.3 Å². The van der Waals surface area contributed by atoms with E-state index in [4.69, 9.17) is 0 Å². The molecule has 2 atom stereocenters. The number of ketones is 1. The van der Waals surface area contributed by atoms with Crippen LogP contribution in [0.15, 0.2) is 12.4 Å². The number of nitrogens with one attached hydrogen (secondary N) is 1. The van der Waals surface area contributed by atoms with E-state index in [0.717, 1.165) is 42.5 Å². The fourth-order valence-corrected chi connectivity index (χ4v) is 3.18. The highest BCUT2D eigenvalue weighted by molar-refractivity contribution is 6.06. The number of hydrogen-bond donors (Lipinski definition) is 2. The number of fused-ring (bicyclic) bond motifs is 1. The van der Waals surface area contributed by atoms with E-state index in [9.17, 15) is 9.90 Å². The summed E-state index contributed by atoms with van der Waals surface area (Å²) in [5.41, 5.74) is 2.17. The number of hydrogen-bond acceptors (Lipinski definition) is 5. The first kappa shape index (κ1) is 15.0. The van der Waals surface area contributed by atoms with Gasteiger partial charge in [-0.3, -0.25) is 4.79 Å². The summed E-state index contributed by atoms with van der Waals surface area (Å²) in [4.78, 5) is 16.3. The first-order valence-corrected chi connectivity index (χ1v) is 7.90. The number of carbonyl (C=O) groups excluding carboxylic acids is 1. The SMILES string of the molecule is CCn1ncc2c(N[C@H]3CCC[C@@H](O)C3)c(C(C)=O)cnc21. The van der Waals surface area contributed by atoms with Crippen molar-refractivity contribution in [2.45, 2.75) is 58.2 Å². The maximum absolute atomic E-state index is 11.9. The average Bonchev–Trinajstić information content (AvgIpc) is 2.90. The molecule has 1 fully saturated rings. The van der Waals surface area contributed by atoms with Crippen LogP contribution in [0.5, 0.6) is 0 Å². The normalized spacial score (nSPS) is 22.0. The lowest BCUT2D eigenvalue weighted by Gasteiger charge is -2.28. The van der Waals surface area contributed by atoms with Gasteiger partial charge >= 0.3 is 0 Å². The zero-order valence-electron chi connectivity index (χ0n) is 13.0. The molecule has 0 bridgehead atoms. The summed E-state index contributed by atoms with van der Waals surface area (Å²) in [7, 11) is 0. The van der Waals surface area contributed by atoms with Crippen molar-refractivity contribution in [1.29, 1.82) is 0 Å². The molecule has 2 aromatic rings. The Morgan fingerprint density at radius 3 is 2.95 bits per heavy atom. The molecule has 1 saturated carbocycles. The van der Waals surface area contributed by atoms with Gasteiger partial charge < -0.3 is 10.4 Å². The molecule has 1 aliphatic carbocycles. The van der Waals surface area contributed by atoms with Gasteiger partial charge in [-0.25, -0.2) is 9.67 Å². The Labute approximate surface area is 129 Å². The molecule has 0 aliphatic heterocycles. The Balaban J connectivity index is 2.02. The number of aliphatic hydroxyl groups is 1. The standard InChI is InChI=1S/C16H22N4O2/c1-3-20-16-14(9-18-20)15(13(8-17-16)10(2)21)19-11-5-4-6-12(22)7-11/h8-9,11-12,22H,3-7H2,1-2H3,(H,17,19)/t11-,12+/m0/s1. The van der Waals surface area contributed by atoms with Gasteiger partial charge in [0.15, 0.2) is 11.4 Å². The first-order chi connectivity index (χ1) is 10.6. The second kappa shape index (κ2) is 6.04. The van der Waals surface area contributed by atoms with Gasteiger partial charge in [-0.2, -0.15) is 5.10 Å². The number of carbonyl (C=O) groups is 1. The zero-order chi connectivity index (χ0) is 15.7. The van der Waals surface area contributed by atoms with Crippen LogP contribution in [0.4, 0.5) is 5.69 Å². The summed E-state index contributed by atoms with van der Waals surface area (Å²) in [6.07, 6.45) is 6.69. The second-order valence-electron chi connectivity index (χ2n) is 5.96. The largest absolute Gasteiger partial charge is 0.393 e. The van der Waals surface area contributed by atoms with E-state index in [2.05, 4.69) is 15.4 Å². The second-order valence-corrected chi connectivity index (χ2v) is 5.96. The number of aryl methyl sites for hydroxylation is 1. The number of aliphatic hydroxyl groups excluding tert-OH is 1. The lowest BCUT2D eigenvalue weighted by Crippen LogP contribution is -2.30. The quantitative estimate of drug-likeness (QED) is 0.848. The van der Waals surface area contributed by atoms with E-state index in [-0.39, 0.29) is 17.9 Å². The minimum Gasteiger partial charge on any atom is -0.393 e. The molecule has 22 heavy (non-hydrogen) atoms. The summed E-state index contributed by atoms with van der Waals surface area (Å²) in [6, 6.07) is 0.178. The van der Waals surface area contributed by atoms with Gasteiger partial charge in [-0.05, 0) is 39.5 Å². The van der Waals surface area contributed by atoms with Crippen LogP contribution in [0.2, 0.25) is 0 Å². The van der Waals surface area contributed by atoms with Crippen LogP contribution in [-0.4, -0.2) is 37.8 Å². The number of rotatable bonds is 4. The molecule has 0 spiro atoms. The minimum atomic E-state index is -0.261. The van der Waals surface area contributed by atoms with Gasteiger partial charge in [-0.1, -0.05) is 0 Å². The highest BCUT2D eigenvalue weighted by Crippen LogP contribution is 2.30. The Bertz CT molecular complexity index is 695. The molecule has 0 aromatic carbocycles. The maximum atomic E-state index is 11.9. The van der Waals surface area contributed by atoms with E-state index in [1.807, 2.05) is 11.6 Å². The fourth-order valence-electron chi connectivity index (χ4n) is 3.18. The van der Waals surface area contributed by atoms with Gasteiger partial charge in [-0.15, -0.1) is 0 Å². The van der Waals surface area contributed by atoms with Crippen LogP contribution >= 0.6 is 0 Å². The lowest BCUT2D eigenvalue weighted by atomic mass is 9.92. The Morgan fingerprint density at radius 1 is 1.45 bits per heavy atom. The highest BCUT2D eigenvalue weighted by Gasteiger charge is 2.23.